The summed E-state index contributed by atoms with van der Waals surface area (Å²) in [5, 5.41) is 6.72. The first kappa shape index (κ1) is 22.0. The summed E-state index contributed by atoms with van der Waals surface area (Å²) in [6.45, 7) is 9.61. The number of benzene rings is 1. The summed E-state index contributed by atoms with van der Waals surface area (Å²) in [5.74, 6) is 2.45. The molecule has 1 aliphatic rings. The predicted octanol–water partition coefficient (Wildman–Crippen LogP) is 3.49. The first-order chi connectivity index (χ1) is 11.6. The highest BCUT2D eigenvalue weighted by molar-refractivity contribution is 14.0. The van der Waals surface area contributed by atoms with Gasteiger partial charge in [0.1, 0.15) is 11.9 Å². The Bertz CT molecular complexity index is 543. The van der Waals surface area contributed by atoms with Gasteiger partial charge in [-0.1, -0.05) is 26.0 Å². The maximum Gasteiger partial charge on any atom is 0.191 e. The third kappa shape index (κ3) is 7.81. The van der Waals surface area contributed by atoms with E-state index in [1.54, 1.807) is 7.05 Å². The molecule has 1 aromatic rings. The summed E-state index contributed by atoms with van der Waals surface area (Å²) in [4.78, 5) is 4.28. The van der Waals surface area contributed by atoms with Crippen LogP contribution in [0.5, 0.6) is 5.75 Å². The van der Waals surface area contributed by atoms with Gasteiger partial charge in [-0.05, 0) is 30.9 Å². The molecule has 5 nitrogen and oxygen atoms in total. The lowest BCUT2D eigenvalue weighted by atomic mass is 10.1. The largest absolute Gasteiger partial charge is 0.488 e. The monoisotopic (exact) mass is 461 g/mol. The molecule has 1 heterocycles. The molecule has 6 heteroatoms. The van der Waals surface area contributed by atoms with Crippen molar-refractivity contribution in [3.8, 4) is 5.75 Å². The number of hydrogen-bond donors (Lipinski definition) is 2. The van der Waals surface area contributed by atoms with Gasteiger partial charge in [-0.25, -0.2) is 0 Å². The molecular weight excluding hydrogens is 429 g/mol. The van der Waals surface area contributed by atoms with Gasteiger partial charge in [0.25, 0.3) is 0 Å². The molecule has 1 aromatic carbocycles. The van der Waals surface area contributed by atoms with Crippen LogP contribution < -0.4 is 15.4 Å². The molecule has 25 heavy (non-hydrogen) atoms. The minimum atomic E-state index is 0. The van der Waals surface area contributed by atoms with E-state index in [1.807, 2.05) is 0 Å². The number of guanidine groups is 1. The number of aryl methyl sites for hydroxylation is 1. The van der Waals surface area contributed by atoms with Crippen molar-refractivity contribution in [2.24, 2.45) is 10.9 Å². The van der Waals surface area contributed by atoms with Gasteiger partial charge in [0.2, 0.25) is 0 Å². The second-order valence-corrected chi connectivity index (χ2v) is 6.75. The second-order valence-electron chi connectivity index (χ2n) is 6.75. The minimum Gasteiger partial charge on any atom is -0.488 e. The zero-order chi connectivity index (χ0) is 17.4. The van der Waals surface area contributed by atoms with Crippen molar-refractivity contribution in [1.82, 2.24) is 10.6 Å². The summed E-state index contributed by atoms with van der Waals surface area (Å²) in [5.41, 5.74) is 2.34. The van der Waals surface area contributed by atoms with E-state index in [0.717, 1.165) is 43.3 Å². The van der Waals surface area contributed by atoms with Gasteiger partial charge < -0.3 is 20.1 Å². The molecule has 0 bridgehead atoms. The molecule has 0 aromatic heterocycles. The zero-order valence-corrected chi connectivity index (χ0v) is 18.1. The van der Waals surface area contributed by atoms with Crippen LogP contribution in [-0.4, -0.2) is 38.9 Å². The SMILES string of the molecule is CN=C(NCCC(C)C)NCc1ccc(C)cc1OC1CCOC1.I. The fourth-order valence-corrected chi connectivity index (χ4v) is 2.58. The molecule has 1 aliphatic heterocycles. The quantitative estimate of drug-likeness (QED) is 0.371. The summed E-state index contributed by atoms with van der Waals surface area (Å²) in [6.07, 6.45) is 2.24. The predicted molar refractivity (Wildman–Crippen MR) is 114 cm³/mol. The highest BCUT2D eigenvalue weighted by atomic mass is 127. The molecule has 2 rings (SSSR count). The molecule has 1 atom stereocenters. The number of ether oxygens (including phenoxy) is 2. The van der Waals surface area contributed by atoms with Crippen molar-refractivity contribution >= 4 is 29.9 Å². The van der Waals surface area contributed by atoms with Gasteiger partial charge in [-0.3, -0.25) is 4.99 Å². The van der Waals surface area contributed by atoms with Crippen LogP contribution in [0.1, 0.15) is 37.8 Å². The van der Waals surface area contributed by atoms with Crippen LogP contribution in [0.15, 0.2) is 23.2 Å². The van der Waals surface area contributed by atoms with Crippen LogP contribution in [0.4, 0.5) is 0 Å². The summed E-state index contributed by atoms with van der Waals surface area (Å²) >= 11 is 0. The highest BCUT2D eigenvalue weighted by Crippen LogP contribution is 2.23. The number of aliphatic imine (C=N–C) groups is 1. The Hall–Kier alpha value is -1.02. The summed E-state index contributed by atoms with van der Waals surface area (Å²) < 4.78 is 11.5. The van der Waals surface area contributed by atoms with E-state index in [1.165, 1.54) is 5.56 Å². The molecule has 2 N–H and O–H groups in total. The lowest BCUT2D eigenvalue weighted by Crippen LogP contribution is -2.37. The van der Waals surface area contributed by atoms with E-state index in [-0.39, 0.29) is 30.1 Å². The molecular formula is C19H32IN3O2. The number of nitrogens with one attached hydrogen (secondary N) is 2. The van der Waals surface area contributed by atoms with E-state index >= 15 is 0 Å². The highest BCUT2D eigenvalue weighted by Gasteiger charge is 2.18. The molecule has 0 amide bonds. The summed E-state index contributed by atoms with van der Waals surface area (Å²) in [6, 6.07) is 6.34. The topological polar surface area (TPSA) is 54.9 Å². The molecule has 0 spiro atoms. The van der Waals surface area contributed by atoms with E-state index in [2.05, 4.69) is 54.6 Å². The van der Waals surface area contributed by atoms with Crippen molar-refractivity contribution < 1.29 is 9.47 Å². The van der Waals surface area contributed by atoms with Gasteiger partial charge in [-0.2, -0.15) is 0 Å². The Morgan fingerprint density at radius 3 is 2.80 bits per heavy atom. The van der Waals surface area contributed by atoms with Crippen LogP contribution in [0.25, 0.3) is 0 Å². The molecule has 0 radical (unpaired) electrons. The smallest absolute Gasteiger partial charge is 0.191 e. The number of nitrogens with zero attached hydrogens (tertiary/aromatic N) is 1. The third-order valence-electron chi connectivity index (χ3n) is 4.09. The van der Waals surface area contributed by atoms with Crippen molar-refractivity contribution in [2.75, 3.05) is 26.8 Å². The van der Waals surface area contributed by atoms with Crippen molar-refractivity contribution in [3.05, 3.63) is 29.3 Å². The molecule has 1 fully saturated rings. The average Bonchev–Trinajstić information content (AvgIpc) is 3.05. The van der Waals surface area contributed by atoms with Gasteiger partial charge in [-0.15, -0.1) is 24.0 Å². The number of halogens is 1. The third-order valence-corrected chi connectivity index (χ3v) is 4.09. The second kappa shape index (κ2) is 11.6. The molecule has 0 saturated carbocycles. The fraction of sp³-hybridized carbons (Fsp3) is 0.632. The van der Waals surface area contributed by atoms with Gasteiger partial charge in [0, 0.05) is 32.1 Å². The van der Waals surface area contributed by atoms with E-state index in [9.17, 15) is 0 Å². The van der Waals surface area contributed by atoms with Crippen LogP contribution in [0.3, 0.4) is 0 Å². The number of hydrogen-bond acceptors (Lipinski definition) is 3. The normalized spacial score (nSPS) is 17.3. The maximum absolute atomic E-state index is 6.14. The fourth-order valence-electron chi connectivity index (χ4n) is 2.58. The molecule has 142 valence electrons. The Morgan fingerprint density at radius 1 is 1.36 bits per heavy atom. The van der Waals surface area contributed by atoms with Crippen molar-refractivity contribution in [1.29, 1.82) is 0 Å². The van der Waals surface area contributed by atoms with Crippen molar-refractivity contribution in [2.45, 2.75) is 46.3 Å². The number of rotatable bonds is 7. The maximum atomic E-state index is 6.14. The Kier molecular flexibility index (Phi) is 10.2. The Labute approximate surface area is 169 Å². The zero-order valence-electron chi connectivity index (χ0n) is 15.8. The lowest BCUT2D eigenvalue weighted by molar-refractivity contribution is 0.140. The van der Waals surface area contributed by atoms with Crippen LogP contribution >= 0.6 is 24.0 Å². The van der Waals surface area contributed by atoms with Gasteiger partial charge in [0.05, 0.1) is 13.2 Å². The van der Waals surface area contributed by atoms with Gasteiger partial charge >= 0.3 is 0 Å². The Balaban J connectivity index is 0.00000312. The van der Waals surface area contributed by atoms with Gasteiger partial charge in [0.15, 0.2) is 5.96 Å². The average molecular weight is 461 g/mol. The summed E-state index contributed by atoms with van der Waals surface area (Å²) in [7, 11) is 1.80. The Morgan fingerprint density at radius 2 is 2.16 bits per heavy atom. The first-order valence-corrected chi connectivity index (χ1v) is 8.87. The van der Waals surface area contributed by atoms with E-state index < -0.39 is 0 Å². The first-order valence-electron chi connectivity index (χ1n) is 8.87. The lowest BCUT2D eigenvalue weighted by Gasteiger charge is -2.18. The molecule has 0 aliphatic carbocycles. The van der Waals surface area contributed by atoms with Crippen LogP contribution in [0.2, 0.25) is 0 Å². The van der Waals surface area contributed by atoms with Crippen LogP contribution in [-0.2, 0) is 11.3 Å². The minimum absolute atomic E-state index is 0. The van der Waals surface area contributed by atoms with E-state index in [0.29, 0.717) is 19.1 Å². The van der Waals surface area contributed by atoms with E-state index in [4.69, 9.17) is 9.47 Å². The molecule has 1 unspecified atom stereocenters. The van der Waals surface area contributed by atoms with Crippen molar-refractivity contribution in [3.63, 3.8) is 0 Å². The molecule has 1 saturated heterocycles. The standard InChI is InChI=1S/C19H31N3O2.HI/c1-14(2)7-9-21-19(20-4)22-12-16-6-5-15(3)11-18(16)24-17-8-10-23-13-17;/h5-6,11,14,17H,7-10,12-13H2,1-4H3,(H2,20,21,22);1H. The van der Waals surface area contributed by atoms with Crippen LogP contribution in [0, 0.1) is 12.8 Å².